The van der Waals surface area contributed by atoms with E-state index in [1.807, 2.05) is 11.0 Å². The summed E-state index contributed by atoms with van der Waals surface area (Å²) in [5.41, 5.74) is 1.38. The number of carbonyl (C=O) groups is 2. The van der Waals surface area contributed by atoms with Crippen molar-refractivity contribution in [1.29, 1.82) is 0 Å². The molecule has 1 aromatic carbocycles. The van der Waals surface area contributed by atoms with Crippen molar-refractivity contribution >= 4 is 11.8 Å². The summed E-state index contributed by atoms with van der Waals surface area (Å²) >= 11 is 0. The first-order chi connectivity index (χ1) is 12.6. The van der Waals surface area contributed by atoms with Gasteiger partial charge in [-0.2, -0.15) is 0 Å². The maximum atomic E-state index is 12.7. The molecule has 2 fully saturated rings. The fourth-order valence-corrected chi connectivity index (χ4v) is 4.25. The van der Waals surface area contributed by atoms with E-state index in [0.29, 0.717) is 25.4 Å². The summed E-state index contributed by atoms with van der Waals surface area (Å²) in [4.78, 5) is 28.1. The molecule has 0 unspecified atom stereocenters. The highest BCUT2D eigenvalue weighted by molar-refractivity contribution is 5.77. The molecule has 3 rings (SSSR count). The Hall–Kier alpha value is -1.88. The fraction of sp³-hybridized carbons (Fsp3) is 0.619. The van der Waals surface area contributed by atoms with Gasteiger partial charge in [0.1, 0.15) is 0 Å². The Morgan fingerprint density at radius 2 is 1.77 bits per heavy atom. The van der Waals surface area contributed by atoms with E-state index < -0.39 is 0 Å². The molecule has 2 heterocycles. The Morgan fingerprint density at radius 3 is 2.38 bits per heavy atom. The normalized spacial score (nSPS) is 24.1. The Labute approximate surface area is 156 Å². The third kappa shape index (κ3) is 4.64. The van der Waals surface area contributed by atoms with E-state index in [0.717, 1.165) is 32.4 Å². The van der Waals surface area contributed by atoms with Gasteiger partial charge in [0.05, 0.1) is 6.10 Å². The standard InChI is InChI=1S/C21H30N2O3/c1-16(24)23-14-19(20(15-23)26-2)13-21(25)22-10-8-18(9-11-22)12-17-6-4-3-5-7-17/h3-7,18-20H,8-15H2,1-2H3/t19-,20-/m0/s1. The lowest BCUT2D eigenvalue weighted by atomic mass is 9.89. The average molecular weight is 358 g/mol. The van der Waals surface area contributed by atoms with E-state index in [1.54, 1.807) is 18.9 Å². The third-order valence-electron chi connectivity index (χ3n) is 5.90. The molecule has 0 N–H and O–H groups in total. The second kappa shape index (κ2) is 8.67. The number of methoxy groups -OCH3 is 1. The van der Waals surface area contributed by atoms with Crippen molar-refractivity contribution in [1.82, 2.24) is 9.80 Å². The summed E-state index contributed by atoms with van der Waals surface area (Å²) in [7, 11) is 1.67. The zero-order chi connectivity index (χ0) is 18.5. The summed E-state index contributed by atoms with van der Waals surface area (Å²) in [6.45, 7) is 4.50. The first kappa shape index (κ1) is 18.9. The van der Waals surface area contributed by atoms with Crippen molar-refractivity contribution < 1.29 is 14.3 Å². The Balaban J connectivity index is 1.47. The van der Waals surface area contributed by atoms with Crippen LogP contribution in [-0.4, -0.2) is 61.0 Å². The highest BCUT2D eigenvalue weighted by Gasteiger charge is 2.36. The van der Waals surface area contributed by atoms with E-state index in [2.05, 4.69) is 24.3 Å². The Kier molecular flexibility index (Phi) is 6.30. The minimum Gasteiger partial charge on any atom is -0.379 e. The van der Waals surface area contributed by atoms with Gasteiger partial charge in [0.2, 0.25) is 11.8 Å². The summed E-state index contributed by atoms with van der Waals surface area (Å²) < 4.78 is 5.51. The van der Waals surface area contributed by atoms with Gasteiger partial charge in [0, 0.05) is 52.6 Å². The summed E-state index contributed by atoms with van der Waals surface area (Å²) in [5.74, 6) is 1.04. The lowest BCUT2D eigenvalue weighted by Crippen LogP contribution is -2.40. The van der Waals surface area contributed by atoms with Crippen molar-refractivity contribution in [2.45, 2.75) is 38.7 Å². The number of benzene rings is 1. The molecule has 5 nitrogen and oxygen atoms in total. The molecule has 0 aromatic heterocycles. The Morgan fingerprint density at radius 1 is 1.08 bits per heavy atom. The van der Waals surface area contributed by atoms with E-state index in [9.17, 15) is 9.59 Å². The molecule has 0 radical (unpaired) electrons. The number of amides is 2. The molecule has 2 aliphatic heterocycles. The number of hydrogen-bond acceptors (Lipinski definition) is 3. The monoisotopic (exact) mass is 358 g/mol. The topological polar surface area (TPSA) is 49.9 Å². The molecule has 2 saturated heterocycles. The van der Waals surface area contributed by atoms with Gasteiger partial charge in [0.15, 0.2) is 0 Å². The van der Waals surface area contributed by atoms with E-state index in [-0.39, 0.29) is 23.8 Å². The first-order valence-corrected chi connectivity index (χ1v) is 9.66. The molecule has 0 bridgehead atoms. The maximum Gasteiger partial charge on any atom is 0.223 e. The van der Waals surface area contributed by atoms with Crippen LogP contribution in [0.5, 0.6) is 0 Å². The highest BCUT2D eigenvalue weighted by atomic mass is 16.5. The smallest absolute Gasteiger partial charge is 0.223 e. The predicted octanol–water partition coefficient (Wildman–Crippen LogP) is 2.35. The SMILES string of the molecule is CO[C@H]1CN(C(C)=O)C[C@@H]1CC(=O)N1CCC(Cc2ccccc2)CC1. The molecule has 5 heteroatoms. The van der Waals surface area contributed by atoms with Crippen LogP contribution in [0.2, 0.25) is 0 Å². The Bertz CT molecular complexity index is 611. The number of piperidine rings is 1. The van der Waals surface area contributed by atoms with Gasteiger partial charge < -0.3 is 14.5 Å². The van der Waals surface area contributed by atoms with Crippen molar-refractivity contribution in [2.24, 2.45) is 11.8 Å². The number of ether oxygens (including phenoxy) is 1. The first-order valence-electron chi connectivity index (χ1n) is 9.66. The van der Waals surface area contributed by atoms with Crippen LogP contribution in [0.1, 0.15) is 31.7 Å². The molecule has 2 atom stereocenters. The van der Waals surface area contributed by atoms with Crippen LogP contribution in [0.4, 0.5) is 0 Å². The van der Waals surface area contributed by atoms with E-state index in [1.165, 1.54) is 5.56 Å². The van der Waals surface area contributed by atoms with Gasteiger partial charge in [-0.1, -0.05) is 30.3 Å². The fourth-order valence-electron chi connectivity index (χ4n) is 4.25. The minimum atomic E-state index is -0.0292. The van der Waals surface area contributed by atoms with Crippen molar-refractivity contribution in [2.75, 3.05) is 33.3 Å². The minimum absolute atomic E-state index is 0.0292. The van der Waals surface area contributed by atoms with Crippen LogP contribution in [0.25, 0.3) is 0 Å². The number of nitrogens with zero attached hydrogens (tertiary/aromatic N) is 2. The molecule has 0 saturated carbocycles. The second-order valence-corrected chi connectivity index (χ2v) is 7.68. The van der Waals surface area contributed by atoms with Gasteiger partial charge in [-0.3, -0.25) is 9.59 Å². The predicted molar refractivity (Wildman–Crippen MR) is 101 cm³/mol. The lowest BCUT2D eigenvalue weighted by Gasteiger charge is -2.33. The van der Waals surface area contributed by atoms with Gasteiger partial charge >= 0.3 is 0 Å². The number of carbonyl (C=O) groups excluding carboxylic acids is 2. The average Bonchev–Trinajstić information content (AvgIpc) is 3.06. The van der Waals surface area contributed by atoms with Gasteiger partial charge in [0.25, 0.3) is 0 Å². The highest BCUT2D eigenvalue weighted by Crippen LogP contribution is 2.26. The molecule has 2 amide bonds. The van der Waals surface area contributed by atoms with Crippen molar-refractivity contribution in [3.05, 3.63) is 35.9 Å². The van der Waals surface area contributed by atoms with Crippen LogP contribution in [0.3, 0.4) is 0 Å². The van der Waals surface area contributed by atoms with E-state index in [4.69, 9.17) is 4.74 Å². The molecule has 0 aliphatic carbocycles. The molecule has 26 heavy (non-hydrogen) atoms. The second-order valence-electron chi connectivity index (χ2n) is 7.68. The lowest BCUT2D eigenvalue weighted by molar-refractivity contribution is -0.134. The molecule has 142 valence electrons. The number of hydrogen-bond donors (Lipinski definition) is 0. The number of likely N-dealkylation sites (tertiary alicyclic amines) is 2. The summed E-state index contributed by atoms with van der Waals surface area (Å²) in [6.07, 6.45) is 3.69. The van der Waals surface area contributed by atoms with Crippen molar-refractivity contribution in [3.63, 3.8) is 0 Å². The van der Waals surface area contributed by atoms with Crippen LogP contribution >= 0.6 is 0 Å². The van der Waals surface area contributed by atoms with Crippen LogP contribution in [0, 0.1) is 11.8 Å². The van der Waals surface area contributed by atoms with Crippen LogP contribution in [-0.2, 0) is 20.7 Å². The van der Waals surface area contributed by atoms with E-state index >= 15 is 0 Å². The van der Waals surface area contributed by atoms with Gasteiger partial charge in [-0.25, -0.2) is 0 Å². The number of rotatable bonds is 5. The zero-order valence-electron chi connectivity index (χ0n) is 15.9. The zero-order valence-corrected chi connectivity index (χ0v) is 15.9. The van der Waals surface area contributed by atoms with Crippen LogP contribution < -0.4 is 0 Å². The molecule has 0 spiro atoms. The largest absolute Gasteiger partial charge is 0.379 e. The summed E-state index contributed by atoms with van der Waals surface area (Å²) in [5, 5.41) is 0. The molecular formula is C21H30N2O3. The quantitative estimate of drug-likeness (QED) is 0.812. The molecule has 2 aliphatic rings. The molecular weight excluding hydrogens is 328 g/mol. The summed E-state index contributed by atoms with van der Waals surface area (Å²) in [6, 6.07) is 10.6. The van der Waals surface area contributed by atoms with Crippen molar-refractivity contribution in [3.8, 4) is 0 Å². The van der Waals surface area contributed by atoms with Gasteiger partial charge in [-0.15, -0.1) is 0 Å². The van der Waals surface area contributed by atoms with Gasteiger partial charge in [-0.05, 0) is 30.7 Å². The van der Waals surface area contributed by atoms with Crippen LogP contribution in [0.15, 0.2) is 30.3 Å². The molecule has 1 aromatic rings. The third-order valence-corrected chi connectivity index (χ3v) is 5.90. The maximum absolute atomic E-state index is 12.7.